The van der Waals surface area contributed by atoms with Gasteiger partial charge in [0.2, 0.25) is 11.9 Å². The van der Waals surface area contributed by atoms with Crippen LogP contribution in [0, 0.1) is 0 Å². The fraction of sp³-hybridized carbons (Fsp3) is 0.357. The summed E-state index contributed by atoms with van der Waals surface area (Å²) in [5, 5.41) is 0. The molecule has 0 bridgehead atoms. The number of nitrogens with two attached hydrogens (primary N) is 2. The van der Waals surface area contributed by atoms with Crippen molar-refractivity contribution in [1.82, 2.24) is 19.9 Å². The zero-order valence-electron chi connectivity index (χ0n) is 11.9. The second kappa shape index (κ2) is 6.29. The van der Waals surface area contributed by atoms with E-state index in [1.165, 1.54) is 11.1 Å². The summed E-state index contributed by atoms with van der Waals surface area (Å²) >= 11 is 0. The molecule has 0 aliphatic rings. The van der Waals surface area contributed by atoms with Crippen molar-refractivity contribution in [3.63, 3.8) is 0 Å². The number of nitrogen functional groups attached to an aromatic ring is 2. The van der Waals surface area contributed by atoms with E-state index in [9.17, 15) is 0 Å². The average molecular weight is 272 g/mol. The van der Waals surface area contributed by atoms with Crippen LogP contribution < -0.4 is 11.5 Å². The molecule has 6 nitrogen and oxygen atoms in total. The fourth-order valence-corrected chi connectivity index (χ4v) is 2.02. The van der Waals surface area contributed by atoms with Crippen molar-refractivity contribution in [2.75, 3.05) is 18.5 Å². The van der Waals surface area contributed by atoms with Gasteiger partial charge in [0, 0.05) is 6.54 Å². The summed E-state index contributed by atoms with van der Waals surface area (Å²) < 4.78 is 0. The summed E-state index contributed by atoms with van der Waals surface area (Å²) in [7, 11) is 2.00. The highest BCUT2D eigenvalue weighted by Crippen LogP contribution is 2.09. The first kappa shape index (κ1) is 14.2. The molecule has 0 unspecified atom stereocenters. The Bertz CT molecular complexity index is 546. The van der Waals surface area contributed by atoms with E-state index in [4.69, 9.17) is 11.5 Å². The van der Waals surface area contributed by atoms with Crippen molar-refractivity contribution >= 4 is 11.9 Å². The predicted molar refractivity (Wildman–Crippen MR) is 79.6 cm³/mol. The number of hydrogen-bond donors (Lipinski definition) is 2. The third kappa shape index (κ3) is 3.89. The van der Waals surface area contributed by atoms with E-state index in [0.717, 1.165) is 13.0 Å². The van der Waals surface area contributed by atoms with E-state index >= 15 is 0 Å². The molecule has 2 rings (SSSR count). The van der Waals surface area contributed by atoms with Gasteiger partial charge in [-0.15, -0.1) is 0 Å². The molecule has 0 amide bonds. The average Bonchev–Trinajstić information content (AvgIpc) is 2.38. The molecule has 1 aromatic heterocycles. The molecule has 20 heavy (non-hydrogen) atoms. The number of aromatic nitrogens is 3. The lowest BCUT2D eigenvalue weighted by molar-refractivity contribution is 0.310. The van der Waals surface area contributed by atoms with Crippen molar-refractivity contribution < 1.29 is 0 Å². The first-order valence-corrected chi connectivity index (χ1v) is 6.59. The normalized spacial score (nSPS) is 10.9. The Morgan fingerprint density at radius 2 is 1.45 bits per heavy atom. The minimum absolute atomic E-state index is 0.160. The summed E-state index contributed by atoms with van der Waals surface area (Å²) in [6, 6.07) is 8.60. The highest BCUT2D eigenvalue weighted by Gasteiger charge is 2.06. The number of rotatable bonds is 5. The number of hydrogen-bond acceptors (Lipinski definition) is 6. The number of aryl methyl sites for hydroxylation is 1. The van der Waals surface area contributed by atoms with Gasteiger partial charge >= 0.3 is 0 Å². The summed E-state index contributed by atoms with van der Waals surface area (Å²) in [5.74, 6) is 0.907. The lowest BCUT2D eigenvalue weighted by Gasteiger charge is -2.16. The molecule has 0 saturated carbocycles. The maximum absolute atomic E-state index is 5.56. The third-order valence-electron chi connectivity index (χ3n) is 3.01. The second-order valence-electron chi connectivity index (χ2n) is 4.81. The number of nitrogens with zero attached hydrogens (tertiary/aromatic N) is 4. The zero-order valence-corrected chi connectivity index (χ0v) is 11.9. The Balaban J connectivity index is 1.98. The van der Waals surface area contributed by atoms with Crippen LogP contribution in [0.5, 0.6) is 0 Å². The first-order chi connectivity index (χ1) is 9.56. The van der Waals surface area contributed by atoms with Gasteiger partial charge < -0.3 is 11.5 Å². The second-order valence-corrected chi connectivity index (χ2v) is 4.81. The van der Waals surface area contributed by atoms with Crippen LogP contribution in [-0.4, -0.2) is 26.9 Å². The van der Waals surface area contributed by atoms with Gasteiger partial charge in [-0.1, -0.05) is 31.2 Å². The molecular weight excluding hydrogens is 252 g/mol. The van der Waals surface area contributed by atoms with Crippen LogP contribution in [0.4, 0.5) is 11.9 Å². The highest BCUT2D eigenvalue weighted by molar-refractivity contribution is 5.26. The Kier molecular flexibility index (Phi) is 4.47. The van der Waals surface area contributed by atoms with Gasteiger partial charge in [0.15, 0.2) is 0 Å². The molecule has 0 atom stereocenters. The maximum Gasteiger partial charge on any atom is 0.225 e. The third-order valence-corrected chi connectivity index (χ3v) is 3.01. The van der Waals surface area contributed by atoms with Crippen molar-refractivity contribution in [2.24, 2.45) is 0 Å². The van der Waals surface area contributed by atoms with Crippen LogP contribution in [0.2, 0.25) is 0 Å². The van der Waals surface area contributed by atoms with Gasteiger partial charge in [0.25, 0.3) is 0 Å². The van der Waals surface area contributed by atoms with Crippen LogP contribution in [0.15, 0.2) is 24.3 Å². The fourth-order valence-electron chi connectivity index (χ4n) is 2.02. The molecule has 0 spiro atoms. The van der Waals surface area contributed by atoms with Crippen molar-refractivity contribution in [1.29, 1.82) is 0 Å². The highest BCUT2D eigenvalue weighted by atomic mass is 15.2. The van der Waals surface area contributed by atoms with Gasteiger partial charge in [0.1, 0.15) is 5.82 Å². The van der Waals surface area contributed by atoms with Crippen LogP contribution in [0.25, 0.3) is 0 Å². The zero-order chi connectivity index (χ0) is 14.5. The van der Waals surface area contributed by atoms with E-state index < -0.39 is 0 Å². The van der Waals surface area contributed by atoms with Gasteiger partial charge in [-0.3, -0.25) is 4.90 Å². The van der Waals surface area contributed by atoms with Crippen molar-refractivity contribution in [3.8, 4) is 0 Å². The molecule has 0 aliphatic carbocycles. The molecule has 1 aromatic carbocycles. The van der Waals surface area contributed by atoms with Gasteiger partial charge in [-0.25, -0.2) is 0 Å². The summed E-state index contributed by atoms with van der Waals surface area (Å²) in [4.78, 5) is 14.0. The summed E-state index contributed by atoms with van der Waals surface area (Å²) in [6.07, 6.45) is 1.06. The molecule has 2 aromatic rings. The topological polar surface area (TPSA) is 94.0 Å². The van der Waals surface area contributed by atoms with Crippen LogP contribution in [0.3, 0.4) is 0 Å². The Hall–Kier alpha value is -2.21. The lowest BCUT2D eigenvalue weighted by Crippen LogP contribution is -2.20. The molecule has 106 valence electrons. The molecular formula is C14H20N6. The molecule has 0 saturated heterocycles. The van der Waals surface area contributed by atoms with Crippen LogP contribution in [0.1, 0.15) is 23.9 Å². The van der Waals surface area contributed by atoms with E-state index in [0.29, 0.717) is 12.4 Å². The minimum atomic E-state index is 0.160. The predicted octanol–water partition coefficient (Wildman–Crippen LogP) is 1.23. The van der Waals surface area contributed by atoms with Gasteiger partial charge in [-0.2, -0.15) is 15.0 Å². The van der Waals surface area contributed by atoms with E-state index in [1.54, 1.807) is 0 Å². The molecule has 0 fully saturated rings. The molecule has 0 radical (unpaired) electrons. The van der Waals surface area contributed by atoms with Crippen molar-refractivity contribution in [3.05, 3.63) is 41.2 Å². The smallest absolute Gasteiger partial charge is 0.225 e. The largest absolute Gasteiger partial charge is 0.368 e. The SMILES string of the molecule is CCc1ccc(CN(C)Cc2nc(N)nc(N)n2)cc1. The summed E-state index contributed by atoms with van der Waals surface area (Å²) in [6.45, 7) is 3.54. The Morgan fingerprint density at radius 1 is 0.900 bits per heavy atom. The van der Waals surface area contributed by atoms with E-state index in [-0.39, 0.29) is 11.9 Å². The first-order valence-electron chi connectivity index (χ1n) is 6.59. The number of anilines is 2. The molecule has 1 heterocycles. The molecule has 6 heteroatoms. The van der Waals surface area contributed by atoms with Crippen molar-refractivity contribution in [2.45, 2.75) is 26.4 Å². The summed E-state index contributed by atoms with van der Waals surface area (Å²) in [5.41, 5.74) is 13.7. The monoisotopic (exact) mass is 272 g/mol. The Labute approximate surface area is 118 Å². The van der Waals surface area contributed by atoms with E-state index in [2.05, 4.69) is 51.0 Å². The quantitative estimate of drug-likeness (QED) is 0.850. The molecule has 0 aliphatic heterocycles. The lowest BCUT2D eigenvalue weighted by atomic mass is 10.1. The van der Waals surface area contributed by atoms with E-state index in [1.807, 2.05) is 7.05 Å². The maximum atomic E-state index is 5.56. The standard InChI is InChI=1S/C14H20N6/c1-3-10-4-6-11(7-5-10)8-20(2)9-12-17-13(15)19-14(16)18-12/h4-7H,3,8-9H2,1-2H3,(H4,15,16,17,18,19). The van der Waals surface area contributed by atoms with Crippen LogP contribution in [-0.2, 0) is 19.5 Å². The van der Waals surface area contributed by atoms with Gasteiger partial charge in [0.05, 0.1) is 6.54 Å². The Morgan fingerprint density at radius 3 is 2.00 bits per heavy atom. The van der Waals surface area contributed by atoms with Crippen LogP contribution >= 0.6 is 0 Å². The van der Waals surface area contributed by atoms with Gasteiger partial charge in [-0.05, 0) is 24.6 Å². The number of benzene rings is 1. The molecule has 4 N–H and O–H groups in total. The minimum Gasteiger partial charge on any atom is -0.368 e.